The van der Waals surface area contributed by atoms with Gasteiger partial charge in [-0.25, -0.2) is 4.79 Å². The molecule has 1 aromatic rings. The van der Waals surface area contributed by atoms with E-state index in [1.165, 1.54) is 0 Å². The summed E-state index contributed by atoms with van der Waals surface area (Å²) in [7, 11) is 0. The van der Waals surface area contributed by atoms with Gasteiger partial charge in [-0.3, -0.25) is 4.79 Å². The molecule has 0 heterocycles. The minimum atomic E-state index is -0.471. The first-order chi connectivity index (χ1) is 10.7. The van der Waals surface area contributed by atoms with Crippen LogP contribution in [0, 0.1) is 11.3 Å². The Morgan fingerprint density at radius 3 is 2.30 bits per heavy atom. The number of nitrogens with one attached hydrogen (secondary N) is 1. The van der Waals surface area contributed by atoms with E-state index >= 15 is 0 Å². The maximum atomic E-state index is 12.3. The first kappa shape index (κ1) is 19.2. The van der Waals surface area contributed by atoms with E-state index in [0.29, 0.717) is 6.42 Å². The van der Waals surface area contributed by atoms with Gasteiger partial charge in [0, 0.05) is 17.9 Å². The third-order valence-corrected chi connectivity index (χ3v) is 4.09. The molecule has 1 amide bonds. The van der Waals surface area contributed by atoms with Crippen molar-refractivity contribution in [1.29, 1.82) is 0 Å². The largest absolute Gasteiger partial charge is 0.445 e. The van der Waals surface area contributed by atoms with E-state index < -0.39 is 11.5 Å². The second-order valence-corrected chi connectivity index (χ2v) is 7.08. The molecule has 0 aromatic heterocycles. The molecule has 4 nitrogen and oxygen atoms in total. The van der Waals surface area contributed by atoms with Gasteiger partial charge in [-0.2, -0.15) is 0 Å². The van der Waals surface area contributed by atoms with Crippen LogP contribution in [0.15, 0.2) is 30.3 Å². The quantitative estimate of drug-likeness (QED) is 0.813. The summed E-state index contributed by atoms with van der Waals surface area (Å²) in [6, 6.07) is 9.34. The Morgan fingerprint density at radius 2 is 1.78 bits per heavy atom. The molecule has 1 unspecified atom stereocenters. The second-order valence-electron chi connectivity index (χ2n) is 7.08. The minimum absolute atomic E-state index is 0.145. The smallest absolute Gasteiger partial charge is 0.407 e. The minimum Gasteiger partial charge on any atom is -0.445 e. The molecule has 23 heavy (non-hydrogen) atoms. The van der Waals surface area contributed by atoms with Gasteiger partial charge in [0.2, 0.25) is 0 Å². The van der Waals surface area contributed by atoms with Gasteiger partial charge in [0.15, 0.2) is 0 Å². The van der Waals surface area contributed by atoms with Crippen LogP contribution in [0.25, 0.3) is 0 Å². The van der Waals surface area contributed by atoms with Crippen LogP contribution in [-0.2, 0) is 16.1 Å². The summed E-state index contributed by atoms with van der Waals surface area (Å²) in [6.07, 6.45) is 0.751. The zero-order valence-corrected chi connectivity index (χ0v) is 14.9. The molecule has 0 saturated heterocycles. The van der Waals surface area contributed by atoms with Crippen molar-refractivity contribution < 1.29 is 14.3 Å². The number of alkyl carbamates (subject to hydrolysis) is 1. The number of carbonyl (C=O) groups is 2. The van der Waals surface area contributed by atoms with Gasteiger partial charge in [-0.15, -0.1) is 0 Å². The van der Waals surface area contributed by atoms with E-state index in [-0.39, 0.29) is 24.3 Å². The number of rotatable bonds is 7. The van der Waals surface area contributed by atoms with Gasteiger partial charge >= 0.3 is 6.09 Å². The predicted octanol–water partition coefficient (Wildman–Crippen LogP) is 4.33. The average Bonchev–Trinajstić information content (AvgIpc) is 2.51. The number of hydrogen-bond acceptors (Lipinski definition) is 3. The molecule has 0 aliphatic carbocycles. The normalized spacial score (nSPS) is 14.0. The molecule has 1 rings (SSSR count). The van der Waals surface area contributed by atoms with Crippen LogP contribution in [0.4, 0.5) is 4.79 Å². The molecule has 0 fully saturated rings. The van der Waals surface area contributed by atoms with Crippen molar-refractivity contribution in [3.05, 3.63) is 35.9 Å². The lowest BCUT2D eigenvalue weighted by Gasteiger charge is -2.26. The van der Waals surface area contributed by atoms with Crippen LogP contribution >= 0.6 is 0 Å². The fraction of sp³-hybridized carbons (Fsp3) is 0.579. The zero-order chi connectivity index (χ0) is 17.5. The van der Waals surface area contributed by atoms with Crippen LogP contribution < -0.4 is 5.32 Å². The summed E-state index contributed by atoms with van der Waals surface area (Å²) < 4.78 is 5.26. The monoisotopic (exact) mass is 319 g/mol. The van der Waals surface area contributed by atoms with Gasteiger partial charge < -0.3 is 10.1 Å². The lowest BCUT2D eigenvalue weighted by atomic mass is 9.84. The highest BCUT2D eigenvalue weighted by Crippen LogP contribution is 2.21. The number of hydrogen-bond donors (Lipinski definition) is 1. The average molecular weight is 319 g/mol. The maximum absolute atomic E-state index is 12.3. The second kappa shape index (κ2) is 8.70. The van der Waals surface area contributed by atoms with E-state index in [1.807, 2.05) is 58.0 Å². The van der Waals surface area contributed by atoms with E-state index in [9.17, 15) is 9.59 Å². The Labute approximate surface area is 139 Å². The number of ether oxygens (including phenoxy) is 1. The summed E-state index contributed by atoms with van der Waals surface area (Å²) in [5, 5.41) is 2.86. The van der Waals surface area contributed by atoms with Crippen LogP contribution in [0.3, 0.4) is 0 Å². The van der Waals surface area contributed by atoms with Crippen molar-refractivity contribution in [2.24, 2.45) is 11.3 Å². The van der Waals surface area contributed by atoms with Crippen molar-refractivity contribution >= 4 is 11.9 Å². The Hall–Kier alpha value is -1.84. The Morgan fingerprint density at radius 1 is 1.17 bits per heavy atom. The summed E-state index contributed by atoms with van der Waals surface area (Å²) in [5.41, 5.74) is 0.537. The molecule has 0 bridgehead atoms. The van der Waals surface area contributed by atoms with Crippen LogP contribution in [-0.4, -0.2) is 17.9 Å². The molecule has 1 aromatic carbocycles. The van der Waals surface area contributed by atoms with E-state index in [1.54, 1.807) is 0 Å². The molecule has 0 radical (unpaired) electrons. The number of benzene rings is 1. The van der Waals surface area contributed by atoms with Crippen molar-refractivity contribution in [3.63, 3.8) is 0 Å². The lowest BCUT2D eigenvalue weighted by molar-refractivity contribution is -0.127. The van der Waals surface area contributed by atoms with Crippen molar-refractivity contribution in [2.45, 2.75) is 60.1 Å². The Kier molecular flexibility index (Phi) is 7.27. The van der Waals surface area contributed by atoms with E-state index in [2.05, 4.69) is 12.2 Å². The molecular weight excluding hydrogens is 290 g/mol. The van der Waals surface area contributed by atoms with Crippen LogP contribution in [0.5, 0.6) is 0 Å². The molecule has 4 heteroatoms. The third-order valence-electron chi connectivity index (χ3n) is 4.09. The van der Waals surface area contributed by atoms with Crippen LogP contribution in [0.2, 0.25) is 0 Å². The lowest BCUT2D eigenvalue weighted by Crippen LogP contribution is -2.42. The van der Waals surface area contributed by atoms with E-state index in [4.69, 9.17) is 4.74 Å². The molecule has 0 saturated carbocycles. The number of Topliss-reactive ketones (excluding diaryl/α,β-unsaturated/α-hetero) is 1. The van der Waals surface area contributed by atoms with Crippen molar-refractivity contribution in [2.75, 3.05) is 0 Å². The van der Waals surface area contributed by atoms with Crippen molar-refractivity contribution in [1.82, 2.24) is 5.32 Å². The van der Waals surface area contributed by atoms with Gasteiger partial charge in [-0.1, -0.05) is 71.4 Å². The Bertz CT molecular complexity index is 505. The summed E-state index contributed by atoms with van der Waals surface area (Å²) in [4.78, 5) is 24.3. The molecule has 128 valence electrons. The highest BCUT2D eigenvalue weighted by atomic mass is 16.5. The third kappa shape index (κ3) is 6.85. The van der Waals surface area contributed by atoms with Gasteiger partial charge in [0.25, 0.3) is 0 Å². The number of carbonyl (C=O) groups excluding carboxylic acids is 2. The predicted molar refractivity (Wildman–Crippen MR) is 92.1 cm³/mol. The standard InChI is InChI=1S/C19H29NO3/c1-6-14(2)16(12-17(21)19(3,4)5)20-18(22)23-13-15-10-8-7-9-11-15/h7-11,14,16H,6,12-13H2,1-5H3,(H,20,22)/t14?,16-/m1/s1. The summed E-state index contributed by atoms with van der Waals surface area (Å²) in [6.45, 7) is 10.0. The molecular formula is C19H29NO3. The summed E-state index contributed by atoms with van der Waals surface area (Å²) >= 11 is 0. The van der Waals surface area contributed by atoms with E-state index in [0.717, 1.165) is 12.0 Å². The number of amides is 1. The molecule has 0 aliphatic heterocycles. The topological polar surface area (TPSA) is 55.4 Å². The molecule has 2 atom stereocenters. The SMILES string of the molecule is CCC(C)[C@@H](CC(=O)C(C)(C)C)NC(=O)OCc1ccccc1. The molecule has 0 aliphatic rings. The van der Waals surface area contributed by atoms with Crippen LogP contribution in [0.1, 0.15) is 53.0 Å². The first-order valence-electron chi connectivity index (χ1n) is 8.24. The first-order valence-corrected chi connectivity index (χ1v) is 8.24. The van der Waals surface area contributed by atoms with Gasteiger partial charge in [0.05, 0.1) is 0 Å². The number of ketones is 1. The molecule has 1 N–H and O–H groups in total. The highest BCUT2D eigenvalue weighted by molar-refractivity contribution is 5.84. The van der Waals surface area contributed by atoms with Crippen molar-refractivity contribution in [3.8, 4) is 0 Å². The fourth-order valence-electron chi connectivity index (χ4n) is 2.10. The molecule has 0 spiro atoms. The van der Waals surface area contributed by atoms with Gasteiger partial charge in [-0.05, 0) is 11.5 Å². The Balaban J connectivity index is 2.59. The van der Waals surface area contributed by atoms with Gasteiger partial charge in [0.1, 0.15) is 12.4 Å². The highest BCUT2D eigenvalue weighted by Gasteiger charge is 2.28. The fourth-order valence-corrected chi connectivity index (χ4v) is 2.10. The maximum Gasteiger partial charge on any atom is 0.407 e. The zero-order valence-electron chi connectivity index (χ0n) is 14.9. The summed E-state index contributed by atoms with van der Waals surface area (Å²) in [5.74, 6) is 0.358.